The van der Waals surface area contributed by atoms with Crippen LogP contribution in [-0.4, -0.2) is 18.2 Å². The first-order chi connectivity index (χ1) is 8.87. The van der Waals surface area contributed by atoms with Crippen LogP contribution >= 0.6 is 0 Å². The number of alkyl carbamates (subject to hydrolysis) is 1. The van der Waals surface area contributed by atoms with E-state index >= 15 is 0 Å². The average Bonchev–Trinajstić information content (AvgIpc) is 2.29. The van der Waals surface area contributed by atoms with E-state index in [9.17, 15) is 4.79 Å². The highest BCUT2D eigenvalue weighted by molar-refractivity contribution is 5.67. The summed E-state index contributed by atoms with van der Waals surface area (Å²) in [6.45, 7) is 8.20. The number of ether oxygens (including phenoxy) is 1. The Bertz CT molecular complexity index is 427. The van der Waals surface area contributed by atoms with E-state index in [0.29, 0.717) is 6.54 Å². The van der Waals surface area contributed by atoms with Gasteiger partial charge in [0.1, 0.15) is 5.60 Å². The summed E-state index contributed by atoms with van der Waals surface area (Å²) in [6.07, 6.45) is 4.52. The van der Waals surface area contributed by atoms with Gasteiger partial charge in [-0.3, -0.25) is 0 Å². The van der Waals surface area contributed by atoms with Gasteiger partial charge < -0.3 is 10.1 Å². The summed E-state index contributed by atoms with van der Waals surface area (Å²) in [7, 11) is 0. The molecule has 0 heterocycles. The number of hydrogen-bond acceptors (Lipinski definition) is 2. The van der Waals surface area contributed by atoms with Crippen molar-refractivity contribution in [2.45, 2.75) is 39.7 Å². The van der Waals surface area contributed by atoms with E-state index in [0.717, 1.165) is 6.42 Å². The lowest BCUT2D eigenvalue weighted by molar-refractivity contribution is 0.0529. The highest BCUT2D eigenvalue weighted by atomic mass is 16.6. The van der Waals surface area contributed by atoms with Gasteiger partial charge in [-0.1, -0.05) is 42.0 Å². The molecule has 0 radical (unpaired) electrons. The first-order valence-electron chi connectivity index (χ1n) is 6.57. The molecule has 0 aliphatic rings. The van der Waals surface area contributed by atoms with E-state index in [4.69, 9.17) is 4.74 Å². The van der Waals surface area contributed by atoms with Crippen LogP contribution in [0.2, 0.25) is 0 Å². The Morgan fingerprint density at radius 3 is 2.47 bits per heavy atom. The maximum Gasteiger partial charge on any atom is 0.407 e. The van der Waals surface area contributed by atoms with Crippen molar-refractivity contribution in [1.82, 2.24) is 5.32 Å². The first-order valence-corrected chi connectivity index (χ1v) is 6.57. The molecule has 3 heteroatoms. The third kappa shape index (κ3) is 7.29. The van der Waals surface area contributed by atoms with Gasteiger partial charge in [-0.15, -0.1) is 0 Å². The number of hydrogen-bond donors (Lipinski definition) is 1. The Hall–Kier alpha value is -1.77. The second kappa shape index (κ2) is 6.98. The molecule has 0 bridgehead atoms. The molecule has 19 heavy (non-hydrogen) atoms. The Labute approximate surface area is 115 Å². The Kier molecular flexibility index (Phi) is 5.61. The van der Waals surface area contributed by atoms with Gasteiger partial charge in [-0.05, 0) is 39.7 Å². The molecule has 0 unspecified atom stereocenters. The molecule has 1 aromatic carbocycles. The van der Waals surface area contributed by atoms with Gasteiger partial charge in [0.25, 0.3) is 0 Å². The molecule has 104 valence electrons. The zero-order valence-electron chi connectivity index (χ0n) is 12.2. The molecule has 0 aromatic heterocycles. The summed E-state index contributed by atoms with van der Waals surface area (Å²) in [5.74, 6) is 0. The van der Waals surface area contributed by atoms with Crippen LogP contribution in [0.1, 0.15) is 38.3 Å². The highest BCUT2D eigenvalue weighted by Gasteiger charge is 2.14. The zero-order chi connectivity index (χ0) is 14.3. The van der Waals surface area contributed by atoms with Gasteiger partial charge in [0.15, 0.2) is 0 Å². The normalized spacial score (nSPS) is 11.6. The molecule has 0 aliphatic carbocycles. The second-order valence-electron chi connectivity index (χ2n) is 5.53. The van der Waals surface area contributed by atoms with Crippen LogP contribution in [0.3, 0.4) is 0 Å². The molecule has 1 aromatic rings. The van der Waals surface area contributed by atoms with Crippen molar-refractivity contribution in [2.75, 3.05) is 6.54 Å². The van der Waals surface area contributed by atoms with Crippen molar-refractivity contribution < 1.29 is 9.53 Å². The maximum absolute atomic E-state index is 11.4. The lowest BCUT2D eigenvalue weighted by Gasteiger charge is -2.19. The van der Waals surface area contributed by atoms with Crippen LogP contribution in [0.25, 0.3) is 6.08 Å². The summed E-state index contributed by atoms with van der Waals surface area (Å²) in [5, 5.41) is 2.72. The molecule has 0 spiro atoms. The first kappa shape index (κ1) is 15.3. The molecule has 0 fully saturated rings. The van der Waals surface area contributed by atoms with Crippen LogP contribution in [0.15, 0.2) is 30.3 Å². The number of benzene rings is 1. The monoisotopic (exact) mass is 261 g/mol. The minimum atomic E-state index is -0.443. The van der Waals surface area contributed by atoms with Gasteiger partial charge >= 0.3 is 6.09 Å². The molecular weight excluding hydrogens is 238 g/mol. The standard InChI is InChI=1S/C16H23NO2/c1-13-8-10-14(11-9-13)7-5-6-12-17-15(18)19-16(2,3)4/h5,7-11H,6,12H2,1-4H3,(H,17,18). The van der Waals surface area contributed by atoms with Crippen LogP contribution in [0.4, 0.5) is 4.79 Å². The molecule has 1 N–H and O–H groups in total. The minimum absolute atomic E-state index is 0.365. The Balaban J connectivity index is 2.24. The van der Waals surface area contributed by atoms with Gasteiger partial charge in [-0.2, -0.15) is 0 Å². The van der Waals surface area contributed by atoms with Crippen LogP contribution in [0.5, 0.6) is 0 Å². The van der Waals surface area contributed by atoms with E-state index in [-0.39, 0.29) is 6.09 Å². The second-order valence-corrected chi connectivity index (χ2v) is 5.53. The smallest absolute Gasteiger partial charge is 0.407 e. The summed E-state index contributed by atoms with van der Waals surface area (Å²) >= 11 is 0. The van der Waals surface area contributed by atoms with E-state index in [1.54, 1.807) is 0 Å². The summed E-state index contributed by atoms with van der Waals surface area (Å²) < 4.78 is 5.14. The van der Waals surface area contributed by atoms with Gasteiger partial charge in [0.2, 0.25) is 0 Å². The van der Waals surface area contributed by atoms with E-state index in [1.165, 1.54) is 11.1 Å². The van der Waals surface area contributed by atoms with Crippen molar-refractivity contribution >= 4 is 12.2 Å². The average molecular weight is 261 g/mol. The topological polar surface area (TPSA) is 38.3 Å². The number of aryl methyl sites for hydroxylation is 1. The molecule has 0 atom stereocenters. The quantitative estimate of drug-likeness (QED) is 0.834. The van der Waals surface area contributed by atoms with Crippen LogP contribution in [-0.2, 0) is 4.74 Å². The lowest BCUT2D eigenvalue weighted by atomic mass is 10.1. The van der Waals surface area contributed by atoms with E-state index in [2.05, 4.69) is 42.6 Å². The van der Waals surface area contributed by atoms with E-state index < -0.39 is 5.60 Å². The predicted molar refractivity (Wildman–Crippen MR) is 79.1 cm³/mol. The van der Waals surface area contributed by atoms with Gasteiger partial charge in [0.05, 0.1) is 0 Å². The summed E-state index contributed by atoms with van der Waals surface area (Å²) in [5.41, 5.74) is 1.98. The lowest BCUT2D eigenvalue weighted by Crippen LogP contribution is -2.32. The molecule has 1 rings (SSSR count). The minimum Gasteiger partial charge on any atom is -0.444 e. The largest absolute Gasteiger partial charge is 0.444 e. The number of rotatable bonds is 4. The fraction of sp³-hybridized carbons (Fsp3) is 0.438. The number of nitrogens with one attached hydrogen (secondary N) is 1. The Morgan fingerprint density at radius 1 is 1.26 bits per heavy atom. The fourth-order valence-corrected chi connectivity index (χ4v) is 1.47. The van der Waals surface area contributed by atoms with E-state index in [1.807, 2.05) is 26.8 Å². The number of carbonyl (C=O) groups is 1. The fourth-order valence-electron chi connectivity index (χ4n) is 1.47. The van der Waals surface area contributed by atoms with Crippen molar-refractivity contribution in [2.24, 2.45) is 0 Å². The molecule has 0 aliphatic heterocycles. The molecule has 0 saturated heterocycles. The highest BCUT2D eigenvalue weighted by Crippen LogP contribution is 2.07. The van der Waals surface area contributed by atoms with Gasteiger partial charge in [-0.25, -0.2) is 4.79 Å². The molecular formula is C16H23NO2. The van der Waals surface area contributed by atoms with Crippen molar-refractivity contribution in [3.05, 3.63) is 41.5 Å². The zero-order valence-corrected chi connectivity index (χ0v) is 12.2. The SMILES string of the molecule is Cc1ccc(C=CCCNC(=O)OC(C)(C)C)cc1. The number of carbonyl (C=O) groups excluding carboxylic acids is 1. The molecule has 0 saturated carbocycles. The maximum atomic E-state index is 11.4. The summed E-state index contributed by atoms with van der Waals surface area (Å²) in [6, 6.07) is 8.32. The predicted octanol–water partition coefficient (Wildman–Crippen LogP) is 3.92. The van der Waals surface area contributed by atoms with Crippen LogP contribution in [0, 0.1) is 6.92 Å². The van der Waals surface area contributed by atoms with Crippen molar-refractivity contribution in [3.8, 4) is 0 Å². The molecule has 1 amide bonds. The Morgan fingerprint density at radius 2 is 1.89 bits per heavy atom. The van der Waals surface area contributed by atoms with Crippen molar-refractivity contribution in [3.63, 3.8) is 0 Å². The third-order valence-corrected chi connectivity index (χ3v) is 2.37. The number of amides is 1. The molecule has 3 nitrogen and oxygen atoms in total. The van der Waals surface area contributed by atoms with Gasteiger partial charge in [0, 0.05) is 6.54 Å². The van der Waals surface area contributed by atoms with Crippen LogP contribution < -0.4 is 5.32 Å². The summed E-state index contributed by atoms with van der Waals surface area (Å²) in [4.78, 5) is 11.4. The third-order valence-electron chi connectivity index (χ3n) is 2.37. The van der Waals surface area contributed by atoms with Crippen molar-refractivity contribution in [1.29, 1.82) is 0 Å².